The van der Waals surface area contributed by atoms with Crippen LogP contribution in [-0.2, 0) is 20.7 Å². The quantitative estimate of drug-likeness (QED) is 0.287. The van der Waals surface area contributed by atoms with E-state index in [1.165, 1.54) is 0 Å². The second kappa shape index (κ2) is 9.10. The number of carbonyl (C=O) groups excluding carboxylic acids is 2. The lowest BCUT2D eigenvalue weighted by Gasteiger charge is -2.08. The molecule has 0 N–H and O–H groups in total. The number of hydrogen-bond donors (Lipinski definition) is 0. The summed E-state index contributed by atoms with van der Waals surface area (Å²) in [6, 6.07) is 22.1. The van der Waals surface area contributed by atoms with Crippen LogP contribution < -0.4 is 4.74 Å². The minimum Gasteiger partial charge on any atom is -0.426 e. The van der Waals surface area contributed by atoms with Crippen molar-refractivity contribution in [2.75, 3.05) is 0 Å². The Bertz CT molecular complexity index is 1220. The second-order valence-corrected chi connectivity index (χ2v) is 7.94. The van der Waals surface area contributed by atoms with Crippen LogP contribution in [0.2, 0.25) is 0 Å². The number of aryl methyl sites for hydroxylation is 1. The molecule has 6 heteroatoms. The van der Waals surface area contributed by atoms with Gasteiger partial charge in [0.1, 0.15) is 5.75 Å². The summed E-state index contributed by atoms with van der Waals surface area (Å²) >= 11 is 3.42. The minimum absolute atomic E-state index is 0.134. The fourth-order valence-electron chi connectivity index (χ4n) is 3.10. The third-order valence-electron chi connectivity index (χ3n) is 4.56. The Kier molecular flexibility index (Phi) is 6.09. The molecule has 0 spiro atoms. The third-order valence-corrected chi connectivity index (χ3v) is 5.06. The molecule has 4 rings (SSSR count). The molecule has 1 heterocycles. The highest BCUT2D eigenvalue weighted by molar-refractivity contribution is 9.10. The molecule has 0 saturated heterocycles. The average Bonchev–Trinajstić information content (AvgIpc) is 3.11. The Morgan fingerprint density at radius 2 is 1.87 bits per heavy atom. The van der Waals surface area contributed by atoms with E-state index in [0.717, 1.165) is 21.2 Å². The molecule has 3 aromatic carbocycles. The van der Waals surface area contributed by atoms with Gasteiger partial charge in [0.05, 0.1) is 6.42 Å². The minimum atomic E-state index is -0.557. The number of esters is 2. The summed E-state index contributed by atoms with van der Waals surface area (Å²) in [7, 11) is 0. The molecule has 0 aliphatic carbocycles. The molecular weight excluding hydrogens is 458 g/mol. The van der Waals surface area contributed by atoms with E-state index in [0.29, 0.717) is 11.3 Å². The predicted molar refractivity (Wildman–Crippen MR) is 122 cm³/mol. The van der Waals surface area contributed by atoms with Crippen molar-refractivity contribution < 1.29 is 19.1 Å². The SMILES string of the molecule is Cc1cccc(C2=N/C(=C/c3cc(Br)ccc3OC(=O)Cc3ccccc3)C(=O)O2)c1. The monoisotopic (exact) mass is 475 g/mol. The molecule has 5 nitrogen and oxygen atoms in total. The van der Waals surface area contributed by atoms with Crippen LogP contribution in [0.15, 0.2) is 88.0 Å². The van der Waals surface area contributed by atoms with Crippen molar-refractivity contribution in [1.29, 1.82) is 0 Å². The highest BCUT2D eigenvalue weighted by atomic mass is 79.9. The molecule has 0 fully saturated rings. The maximum absolute atomic E-state index is 12.4. The summed E-state index contributed by atoms with van der Waals surface area (Å²) in [5.41, 5.74) is 3.29. The Labute approximate surface area is 188 Å². The van der Waals surface area contributed by atoms with Crippen LogP contribution >= 0.6 is 15.9 Å². The van der Waals surface area contributed by atoms with E-state index in [4.69, 9.17) is 9.47 Å². The number of cyclic esters (lactones) is 1. The normalized spacial score (nSPS) is 14.3. The lowest BCUT2D eigenvalue weighted by molar-refractivity contribution is -0.133. The number of halogens is 1. The Hall–Kier alpha value is -3.51. The summed E-state index contributed by atoms with van der Waals surface area (Å²) in [5.74, 6) is -0.370. The Balaban J connectivity index is 1.60. The second-order valence-electron chi connectivity index (χ2n) is 7.02. The van der Waals surface area contributed by atoms with Gasteiger partial charge in [-0.05, 0) is 48.9 Å². The van der Waals surface area contributed by atoms with Gasteiger partial charge in [-0.1, -0.05) is 64.0 Å². The number of carbonyl (C=O) groups is 2. The van der Waals surface area contributed by atoms with Gasteiger partial charge in [0, 0.05) is 15.6 Å². The van der Waals surface area contributed by atoms with Gasteiger partial charge in [-0.2, -0.15) is 0 Å². The fraction of sp³-hybridized carbons (Fsp3) is 0.0800. The van der Waals surface area contributed by atoms with Crippen molar-refractivity contribution in [1.82, 2.24) is 0 Å². The first-order chi connectivity index (χ1) is 15.0. The van der Waals surface area contributed by atoms with E-state index in [9.17, 15) is 9.59 Å². The lowest BCUT2D eigenvalue weighted by Crippen LogP contribution is -2.12. The van der Waals surface area contributed by atoms with Crippen LogP contribution in [0, 0.1) is 6.92 Å². The van der Waals surface area contributed by atoms with E-state index < -0.39 is 11.9 Å². The van der Waals surface area contributed by atoms with Gasteiger partial charge in [0.25, 0.3) is 0 Å². The summed E-state index contributed by atoms with van der Waals surface area (Å²) < 4.78 is 11.7. The molecule has 0 saturated carbocycles. The van der Waals surface area contributed by atoms with Crippen molar-refractivity contribution in [3.8, 4) is 5.75 Å². The summed E-state index contributed by atoms with van der Waals surface area (Å²) in [6.07, 6.45) is 1.70. The van der Waals surface area contributed by atoms with Crippen molar-refractivity contribution in [3.05, 3.63) is 105 Å². The zero-order chi connectivity index (χ0) is 21.8. The summed E-state index contributed by atoms with van der Waals surface area (Å²) in [5, 5.41) is 0. The van der Waals surface area contributed by atoms with E-state index in [1.807, 2.05) is 61.5 Å². The number of nitrogens with zero attached hydrogens (tertiary/aromatic N) is 1. The van der Waals surface area contributed by atoms with Crippen LogP contribution in [0.5, 0.6) is 5.75 Å². The van der Waals surface area contributed by atoms with Crippen LogP contribution in [-0.4, -0.2) is 17.8 Å². The van der Waals surface area contributed by atoms with Crippen LogP contribution in [0.4, 0.5) is 0 Å². The molecule has 0 bridgehead atoms. The predicted octanol–water partition coefficient (Wildman–Crippen LogP) is 5.25. The number of hydrogen-bond acceptors (Lipinski definition) is 5. The first kappa shape index (κ1) is 20.8. The third kappa shape index (κ3) is 5.16. The van der Waals surface area contributed by atoms with Crippen LogP contribution in [0.25, 0.3) is 6.08 Å². The van der Waals surface area contributed by atoms with Gasteiger partial charge >= 0.3 is 11.9 Å². The highest BCUT2D eigenvalue weighted by Gasteiger charge is 2.25. The number of rotatable bonds is 5. The van der Waals surface area contributed by atoms with Crippen LogP contribution in [0.3, 0.4) is 0 Å². The standard InChI is InChI=1S/C25H18BrNO4/c1-16-6-5-9-18(12-16)24-27-21(25(29)31-24)15-19-14-20(26)10-11-22(19)30-23(28)13-17-7-3-2-4-8-17/h2-12,14-15H,13H2,1H3/b21-15+. The molecule has 0 aromatic heterocycles. The van der Waals surface area contributed by atoms with Crippen molar-refractivity contribution in [2.24, 2.45) is 4.99 Å². The average molecular weight is 476 g/mol. The van der Waals surface area contributed by atoms with Gasteiger partial charge < -0.3 is 9.47 Å². The zero-order valence-corrected chi connectivity index (χ0v) is 18.3. The molecule has 154 valence electrons. The smallest absolute Gasteiger partial charge is 0.363 e. The van der Waals surface area contributed by atoms with E-state index >= 15 is 0 Å². The largest absolute Gasteiger partial charge is 0.426 e. The molecule has 0 unspecified atom stereocenters. The highest BCUT2D eigenvalue weighted by Crippen LogP contribution is 2.28. The van der Waals surface area contributed by atoms with Crippen LogP contribution in [0.1, 0.15) is 22.3 Å². The summed E-state index contributed by atoms with van der Waals surface area (Å²) in [6.45, 7) is 1.95. The maximum atomic E-state index is 12.4. The van der Waals surface area contributed by atoms with Crippen molar-refractivity contribution in [3.63, 3.8) is 0 Å². The van der Waals surface area contributed by atoms with Gasteiger partial charge in [-0.25, -0.2) is 9.79 Å². The van der Waals surface area contributed by atoms with Crippen molar-refractivity contribution in [2.45, 2.75) is 13.3 Å². The molecule has 0 amide bonds. The maximum Gasteiger partial charge on any atom is 0.363 e. The molecule has 1 aliphatic rings. The first-order valence-corrected chi connectivity index (χ1v) is 10.4. The number of ether oxygens (including phenoxy) is 2. The van der Waals surface area contributed by atoms with Gasteiger partial charge in [-0.3, -0.25) is 4.79 Å². The first-order valence-electron chi connectivity index (χ1n) is 9.62. The Morgan fingerprint density at radius 1 is 1.06 bits per heavy atom. The molecule has 0 radical (unpaired) electrons. The molecule has 3 aromatic rings. The van der Waals surface area contributed by atoms with Crippen molar-refractivity contribution >= 4 is 39.8 Å². The van der Waals surface area contributed by atoms with Gasteiger partial charge in [0.15, 0.2) is 5.70 Å². The molecule has 0 atom stereocenters. The zero-order valence-electron chi connectivity index (χ0n) is 16.7. The lowest BCUT2D eigenvalue weighted by atomic mass is 10.1. The number of aliphatic imine (C=N–C) groups is 1. The topological polar surface area (TPSA) is 65.0 Å². The molecule has 1 aliphatic heterocycles. The van der Waals surface area contributed by atoms with Gasteiger partial charge in [0.2, 0.25) is 5.90 Å². The van der Waals surface area contributed by atoms with Gasteiger partial charge in [-0.15, -0.1) is 0 Å². The Morgan fingerprint density at radius 3 is 2.65 bits per heavy atom. The van der Waals surface area contributed by atoms with E-state index in [1.54, 1.807) is 24.3 Å². The van der Waals surface area contributed by atoms with E-state index in [-0.39, 0.29) is 18.0 Å². The number of benzene rings is 3. The fourth-order valence-corrected chi connectivity index (χ4v) is 3.48. The molecule has 31 heavy (non-hydrogen) atoms. The molecular formula is C25H18BrNO4. The van der Waals surface area contributed by atoms with E-state index in [2.05, 4.69) is 20.9 Å². The summed E-state index contributed by atoms with van der Waals surface area (Å²) in [4.78, 5) is 29.1.